The van der Waals surface area contributed by atoms with E-state index >= 15 is 0 Å². The van der Waals surface area contributed by atoms with Gasteiger partial charge in [0.05, 0.1) is 0 Å². The van der Waals surface area contributed by atoms with Crippen LogP contribution < -0.4 is 0 Å². The van der Waals surface area contributed by atoms with E-state index in [-0.39, 0.29) is 16.2 Å². The number of rotatable bonds is 7. The quantitative estimate of drug-likeness (QED) is 0.774. The molecule has 0 aliphatic carbocycles. The van der Waals surface area contributed by atoms with Crippen LogP contribution in [-0.4, -0.2) is 25.3 Å². The molecule has 0 radical (unpaired) electrons. The lowest BCUT2D eigenvalue weighted by Crippen LogP contribution is -2.41. The summed E-state index contributed by atoms with van der Waals surface area (Å²) in [6.45, 7) is 8.55. The van der Waals surface area contributed by atoms with Gasteiger partial charge >= 0.3 is 0 Å². The summed E-state index contributed by atoms with van der Waals surface area (Å²) in [6, 6.07) is 5.10. The lowest BCUT2D eigenvalue weighted by atomic mass is 10.1. The Balaban J connectivity index is 3.20. The Morgan fingerprint density at radius 3 is 2.30 bits per heavy atom. The first kappa shape index (κ1) is 17.2. The van der Waals surface area contributed by atoms with Gasteiger partial charge in [0.1, 0.15) is 15.2 Å². The Labute approximate surface area is 126 Å². The molecule has 4 nitrogen and oxygen atoms in total. The Morgan fingerprint density at radius 2 is 1.90 bits per heavy atom. The summed E-state index contributed by atoms with van der Waals surface area (Å²) in [6.07, 6.45) is 1.58. The van der Waals surface area contributed by atoms with E-state index in [1.54, 1.807) is 10.4 Å². The lowest BCUT2D eigenvalue weighted by molar-refractivity contribution is 0.277. The average molecular weight is 314 g/mol. The van der Waals surface area contributed by atoms with Crippen molar-refractivity contribution in [2.24, 2.45) is 5.92 Å². The smallest absolute Gasteiger partial charge is 0.206 e. The third-order valence-electron chi connectivity index (χ3n) is 3.15. The van der Waals surface area contributed by atoms with Gasteiger partial charge in [0.15, 0.2) is 0 Å². The van der Waals surface area contributed by atoms with Crippen molar-refractivity contribution in [3.05, 3.63) is 17.0 Å². The predicted octanol–water partition coefficient (Wildman–Crippen LogP) is 3.46. The fourth-order valence-electron chi connectivity index (χ4n) is 2.13. The van der Waals surface area contributed by atoms with Crippen molar-refractivity contribution in [3.63, 3.8) is 0 Å². The summed E-state index contributed by atoms with van der Waals surface area (Å²) in [5.74, 6) is 0.265. The number of nitrogens with zero attached hydrogens (tertiary/aromatic N) is 2. The molecular formula is C14H22N2O2S2. The Bertz CT molecular complexity index is 566. The van der Waals surface area contributed by atoms with Gasteiger partial charge in [0, 0.05) is 12.6 Å². The van der Waals surface area contributed by atoms with Crippen LogP contribution in [0.25, 0.3) is 0 Å². The molecule has 6 heteroatoms. The zero-order valence-corrected chi connectivity index (χ0v) is 14.1. The van der Waals surface area contributed by atoms with Gasteiger partial charge in [0.2, 0.25) is 0 Å². The minimum absolute atomic E-state index is 0.00929. The number of thiophene rings is 1. The first-order valence-corrected chi connectivity index (χ1v) is 9.14. The van der Waals surface area contributed by atoms with Gasteiger partial charge in [-0.05, 0) is 30.9 Å². The SMILES string of the molecule is CCC(CC)N(CC(C)C)S(=O)(=O)c1ccc(C#N)s1. The molecule has 112 valence electrons. The van der Waals surface area contributed by atoms with E-state index in [0.29, 0.717) is 11.4 Å². The Morgan fingerprint density at radius 1 is 1.30 bits per heavy atom. The molecule has 0 aliphatic heterocycles. The molecule has 1 aromatic heterocycles. The van der Waals surface area contributed by atoms with Crippen LogP contribution in [-0.2, 0) is 10.0 Å². The fraction of sp³-hybridized carbons (Fsp3) is 0.643. The molecule has 0 spiro atoms. The van der Waals surface area contributed by atoms with E-state index in [1.165, 1.54) is 6.07 Å². The minimum Gasteiger partial charge on any atom is -0.206 e. The van der Waals surface area contributed by atoms with Crippen molar-refractivity contribution < 1.29 is 8.42 Å². The second-order valence-corrected chi connectivity index (χ2v) is 8.37. The van der Waals surface area contributed by atoms with Gasteiger partial charge in [-0.1, -0.05) is 27.7 Å². The van der Waals surface area contributed by atoms with E-state index in [9.17, 15) is 8.42 Å². The van der Waals surface area contributed by atoms with Crippen molar-refractivity contribution in [1.82, 2.24) is 4.31 Å². The highest BCUT2D eigenvalue weighted by Gasteiger charge is 2.31. The molecule has 0 N–H and O–H groups in total. The van der Waals surface area contributed by atoms with Crippen LogP contribution in [0.15, 0.2) is 16.3 Å². The zero-order chi connectivity index (χ0) is 15.3. The molecule has 0 atom stereocenters. The highest BCUT2D eigenvalue weighted by atomic mass is 32.2. The maximum absolute atomic E-state index is 12.8. The van der Waals surface area contributed by atoms with E-state index in [4.69, 9.17) is 5.26 Å². The van der Waals surface area contributed by atoms with Gasteiger partial charge in [-0.25, -0.2) is 8.42 Å². The molecule has 20 heavy (non-hydrogen) atoms. The van der Waals surface area contributed by atoms with Crippen LogP contribution in [0.5, 0.6) is 0 Å². The van der Waals surface area contributed by atoms with Crippen LogP contribution in [0.1, 0.15) is 45.4 Å². The first-order valence-electron chi connectivity index (χ1n) is 6.88. The maximum Gasteiger partial charge on any atom is 0.252 e. The summed E-state index contributed by atoms with van der Waals surface area (Å²) in [7, 11) is -3.51. The number of nitriles is 1. The van der Waals surface area contributed by atoms with Gasteiger partial charge in [-0.2, -0.15) is 9.57 Å². The molecule has 0 saturated carbocycles. The second kappa shape index (κ2) is 7.21. The van der Waals surface area contributed by atoms with Crippen molar-refractivity contribution in [2.45, 2.75) is 50.8 Å². The highest BCUT2D eigenvalue weighted by molar-refractivity contribution is 7.91. The average Bonchev–Trinajstić information content (AvgIpc) is 2.88. The number of hydrogen-bond acceptors (Lipinski definition) is 4. The van der Waals surface area contributed by atoms with Crippen LogP contribution in [0.3, 0.4) is 0 Å². The molecule has 1 heterocycles. The van der Waals surface area contributed by atoms with Crippen LogP contribution in [0.2, 0.25) is 0 Å². The molecule has 0 amide bonds. The van der Waals surface area contributed by atoms with Crippen molar-refractivity contribution >= 4 is 21.4 Å². The summed E-state index contributed by atoms with van der Waals surface area (Å²) < 4.78 is 27.4. The fourth-order valence-corrected chi connectivity index (χ4v) is 5.30. The van der Waals surface area contributed by atoms with Crippen LogP contribution >= 0.6 is 11.3 Å². The van der Waals surface area contributed by atoms with E-state index in [0.717, 1.165) is 24.2 Å². The second-order valence-electron chi connectivity index (χ2n) is 5.17. The molecule has 0 aromatic carbocycles. The summed E-state index contributed by atoms with van der Waals surface area (Å²) >= 11 is 1.04. The van der Waals surface area contributed by atoms with Crippen LogP contribution in [0.4, 0.5) is 0 Å². The Kier molecular flexibility index (Phi) is 6.18. The summed E-state index contributed by atoms with van der Waals surface area (Å²) in [5.41, 5.74) is 0. The van der Waals surface area contributed by atoms with E-state index < -0.39 is 10.0 Å². The van der Waals surface area contributed by atoms with Crippen LogP contribution in [0, 0.1) is 17.2 Å². The molecule has 0 saturated heterocycles. The molecule has 0 fully saturated rings. The van der Waals surface area contributed by atoms with E-state index in [1.807, 2.05) is 33.8 Å². The van der Waals surface area contributed by atoms with Gasteiger partial charge in [-0.3, -0.25) is 0 Å². The van der Waals surface area contributed by atoms with Gasteiger partial charge in [0.25, 0.3) is 10.0 Å². The normalized spacial score (nSPS) is 12.3. The number of sulfonamides is 1. The van der Waals surface area contributed by atoms with Crippen molar-refractivity contribution in [2.75, 3.05) is 6.54 Å². The molecule has 0 aliphatic rings. The third-order valence-corrected chi connectivity index (χ3v) is 6.53. The van der Waals surface area contributed by atoms with Crippen molar-refractivity contribution in [3.8, 4) is 6.07 Å². The van der Waals surface area contributed by atoms with Crippen molar-refractivity contribution in [1.29, 1.82) is 5.26 Å². The molecule has 1 aromatic rings. The topological polar surface area (TPSA) is 61.2 Å². The molecule has 0 unspecified atom stereocenters. The van der Waals surface area contributed by atoms with Gasteiger partial charge < -0.3 is 0 Å². The van der Waals surface area contributed by atoms with Gasteiger partial charge in [-0.15, -0.1) is 11.3 Å². The Hall–Kier alpha value is -0.900. The van der Waals surface area contributed by atoms with E-state index in [2.05, 4.69) is 0 Å². The summed E-state index contributed by atoms with van der Waals surface area (Å²) in [5, 5.41) is 8.85. The largest absolute Gasteiger partial charge is 0.252 e. The zero-order valence-electron chi connectivity index (χ0n) is 12.5. The minimum atomic E-state index is -3.51. The number of hydrogen-bond donors (Lipinski definition) is 0. The highest BCUT2D eigenvalue weighted by Crippen LogP contribution is 2.28. The lowest BCUT2D eigenvalue weighted by Gasteiger charge is -2.30. The molecule has 0 bridgehead atoms. The maximum atomic E-state index is 12.8. The first-order chi connectivity index (χ1) is 9.36. The third kappa shape index (κ3) is 3.81. The molecular weight excluding hydrogens is 292 g/mol. The standard InChI is InChI=1S/C14H22N2O2S2/c1-5-12(6-2)16(10-11(3)4)20(17,18)14-8-7-13(9-15)19-14/h7-8,11-12H,5-6,10H2,1-4H3. The monoisotopic (exact) mass is 314 g/mol. The molecule has 1 rings (SSSR count). The predicted molar refractivity (Wildman–Crippen MR) is 82.1 cm³/mol. The summed E-state index contributed by atoms with van der Waals surface area (Å²) in [4.78, 5) is 0.428.